The lowest BCUT2D eigenvalue weighted by molar-refractivity contribution is -0.140. The number of hydrogen-bond donors (Lipinski definition) is 0. The number of carbonyl (C=O) groups is 1. The third kappa shape index (κ3) is 1.43. The van der Waals surface area contributed by atoms with E-state index in [1.807, 2.05) is 0 Å². The normalized spacial score (nSPS) is 36.8. The molecule has 0 bridgehead atoms. The van der Waals surface area contributed by atoms with Gasteiger partial charge in [-0.2, -0.15) is 0 Å². The Bertz CT molecular complexity index is 456. The van der Waals surface area contributed by atoms with E-state index >= 15 is 0 Å². The van der Waals surface area contributed by atoms with Gasteiger partial charge in [-0.25, -0.2) is 4.79 Å². The number of fused-ring (bicyclic) bond motifs is 3. The molecule has 2 fully saturated rings. The summed E-state index contributed by atoms with van der Waals surface area (Å²) in [6, 6.07) is 0. The monoisotopic (exact) mass is 230 g/mol. The summed E-state index contributed by atoms with van der Waals surface area (Å²) < 4.78 is 5.56. The fraction of sp³-hybridized carbons (Fsp3) is 0.533. The fourth-order valence-corrected chi connectivity index (χ4v) is 3.56. The Kier molecular flexibility index (Phi) is 2.29. The van der Waals surface area contributed by atoms with Gasteiger partial charge < -0.3 is 4.74 Å². The molecule has 0 aromatic heterocycles. The molecule has 0 amide bonds. The molecule has 3 rings (SSSR count). The van der Waals surface area contributed by atoms with Crippen molar-refractivity contribution < 1.29 is 9.53 Å². The van der Waals surface area contributed by atoms with Gasteiger partial charge in [0.05, 0.1) is 0 Å². The van der Waals surface area contributed by atoms with Crippen LogP contribution in [-0.4, -0.2) is 12.1 Å². The summed E-state index contributed by atoms with van der Waals surface area (Å²) in [5.74, 6) is 0.277. The number of allylic oxidation sites excluding steroid dienone is 1. The van der Waals surface area contributed by atoms with Crippen LogP contribution in [0, 0.1) is 11.8 Å². The molecule has 90 valence electrons. The van der Waals surface area contributed by atoms with E-state index < -0.39 is 0 Å². The third-order valence-corrected chi connectivity index (χ3v) is 4.59. The molecule has 2 nitrogen and oxygen atoms in total. The summed E-state index contributed by atoms with van der Waals surface area (Å²) in [6.07, 6.45) is 4.19. The molecule has 2 aliphatic carbocycles. The highest BCUT2D eigenvalue weighted by molar-refractivity contribution is 5.91. The average Bonchev–Trinajstić information content (AvgIpc) is 2.75. The summed E-state index contributed by atoms with van der Waals surface area (Å²) >= 11 is 0. The van der Waals surface area contributed by atoms with Crippen molar-refractivity contribution in [3.05, 3.63) is 35.5 Å². The molecule has 3 atom stereocenters. The first-order chi connectivity index (χ1) is 8.09. The Morgan fingerprint density at radius 2 is 2.00 bits per heavy atom. The van der Waals surface area contributed by atoms with Gasteiger partial charge in [0.2, 0.25) is 0 Å². The molecule has 0 radical (unpaired) electrons. The lowest BCUT2D eigenvalue weighted by Crippen LogP contribution is -2.25. The van der Waals surface area contributed by atoms with Gasteiger partial charge in [-0.1, -0.05) is 29.9 Å². The van der Waals surface area contributed by atoms with E-state index in [0.29, 0.717) is 5.57 Å². The number of ether oxygens (including phenoxy) is 1. The molecular formula is C15H18O2. The zero-order valence-electron chi connectivity index (χ0n) is 10.3. The Hall–Kier alpha value is -1.31. The summed E-state index contributed by atoms with van der Waals surface area (Å²) in [4.78, 5) is 11.7. The van der Waals surface area contributed by atoms with E-state index in [-0.39, 0.29) is 23.9 Å². The molecule has 0 spiro atoms. The minimum atomic E-state index is -0.196. The highest BCUT2D eigenvalue weighted by Crippen LogP contribution is 2.49. The van der Waals surface area contributed by atoms with E-state index in [1.165, 1.54) is 16.7 Å². The largest absolute Gasteiger partial charge is 0.457 e. The van der Waals surface area contributed by atoms with Gasteiger partial charge in [0.1, 0.15) is 6.10 Å². The maximum Gasteiger partial charge on any atom is 0.334 e. The second kappa shape index (κ2) is 3.59. The van der Waals surface area contributed by atoms with E-state index in [4.69, 9.17) is 4.74 Å². The van der Waals surface area contributed by atoms with Crippen molar-refractivity contribution >= 4 is 5.97 Å². The molecule has 0 aromatic carbocycles. The fourth-order valence-electron chi connectivity index (χ4n) is 3.56. The molecular weight excluding hydrogens is 212 g/mol. The van der Waals surface area contributed by atoms with Crippen molar-refractivity contribution in [1.29, 1.82) is 0 Å². The summed E-state index contributed by atoms with van der Waals surface area (Å²) in [5.41, 5.74) is 4.86. The first kappa shape index (κ1) is 10.8. The van der Waals surface area contributed by atoms with Crippen LogP contribution in [0.1, 0.15) is 32.6 Å². The predicted octanol–water partition coefficient (Wildman–Crippen LogP) is 3.16. The minimum absolute atomic E-state index is 0.0163. The van der Waals surface area contributed by atoms with Crippen molar-refractivity contribution in [1.82, 2.24) is 0 Å². The van der Waals surface area contributed by atoms with Gasteiger partial charge >= 0.3 is 5.97 Å². The molecule has 0 unspecified atom stereocenters. The molecule has 0 N–H and O–H groups in total. The van der Waals surface area contributed by atoms with Crippen LogP contribution in [0.4, 0.5) is 0 Å². The number of carbonyl (C=O) groups excluding carboxylic acids is 1. The molecule has 1 saturated heterocycles. The van der Waals surface area contributed by atoms with Crippen LogP contribution in [-0.2, 0) is 9.53 Å². The van der Waals surface area contributed by atoms with Crippen LogP contribution in [0.25, 0.3) is 0 Å². The molecule has 1 saturated carbocycles. The zero-order chi connectivity index (χ0) is 12.2. The minimum Gasteiger partial charge on any atom is -0.457 e. The Morgan fingerprint density at radius 1 is 1.24 bits per heavy atom. The van der Waals surface area contributed by atoms with Gasteiger partial charge in [-0.05, 0) is 32.6 Å². The number of rotatable bonds is 0. The van der Waals surface area contributed by atoms with Gasteiger partial charge in [-0.3, -0.25) is 0 Å². The van der Waals surface area contributed by atoms with Gasteiger partial charge in [0.25, 0.3) is 0 Å². The maximum absolute atomic E-state index is 11.7. The summed E-state index contributed by atoms with van der Waals surface area (Å²) in [7, 11) is 0. The second-order valence-electron chi connectivity index (χ2n) is 5.48. The number of esters is 1. The van der Waals surface area contributed by atoms with Crippen molar-refractivity contribution in [3.63, 3.8) is 0 Å². The van der Waals surface area contributed by atoms with E-state index in [1.54, 1.807) is 0 Å². The quantitative estimate of drug-likeness (QED) is 0.363. The lowest BCUT2D eigenvalue weighted by atomic mass is 9.84. The van der Waals surface area contributed by atoms with E-state index in [0.717, 1.165) is 25.7 Å². The lowest BCUT2D eigenvalue weighted by Gasteiger charge is -2.23. The van der Waals surface area contributed by atoms with Gasteiger partial charge in [-0.15, -0.1) is 0 Å². The van der Waals surface area contributed by atoms with Crippen molar-refractivity contribution in [2.24, 2.45) is 11.8 Å². The maximum atomic E-state index is 11.7. The van der Waals surface area contributed by atoms with Gasteiger partial charge in [0, 0.05) is 17.4 Å². The van der Waals surface area contributed by atoms with Gasteiger partial charge in [0.15, 0.2) is 0 Å². The third-order valence-electron chi connectivity index (χ3n) is 4.59. The molecule has 17 heavy (non-hydrogen) atoms. The highest BCUT2D eigenvalue weighted by atomic mass is 16.6. The molecule has 0 aromatic rings. The van der Waals surface area contributed by atoms with Crippen LogP contribution in [0.5, 0.6) is 0 Å². The molecule has 1 heterocycles. The molecule has 2 heteroatoms. The van der Waals surface area contributed by atoms with Crippen molar-refractivity contribution in [3.8, 4) is 0 Å². The summed E-state index contributed by atoms with van der Waals surface area (Å²) in [6.45, 7) is 10.3. The van der Waals surface area contributed by atoms with E-state index in [9.17, 15) is 4.79 Å². The smallest absolute Gasteiger partial charge is 0.334 e. The first-order valence-corrected chi connectivity index (χ1v) is 6.35. The van der Waals surface area contributed by atoms with Crippen LogP contribution in [0.3, 0.4) is 0 Å². The second-order valence-corrected chi connectivity index (χ2v) is 5.48. The standard InChI is InChI=1S/C15H18O2/c1-8-4-7-12-10(3)15(16)17-14(12)13-9(2)5-6-11(8)13/h12-14H,2-7H2,1H3/t12-,13-,14-/m0/s1. The Labute approximate surface area is 102 Å². The first-order valence-electron chi connectivity index (χ1n) is 6.35. The Morgan fingerprint density at radius 3 is 2.76 bits per heavy atom. The Balaban J connectivity index is 2.05. The molecule has 1 aliphatic heterocycles. The SMILES string of the molecule is C=C1CCC2=C(C)CC[C@H]3C(=C)C(=O)O[C@@H]3[C@@H]12. The summed E-state index contributed by atoms with van der Waals surface area (Å²) in [5, 5.41) is 0. The van der Waals surface area contributed by atoms with Crippen LogP contribution >= 0.6 is 0 Å². The predicted molar refractivity (Wildman–Crippen MR) is 66.3 cm³/mol. The topological polar surface area (TPSA) is 26.3 Å². The average molecular weight is 230 g/mol. The van der Waals surface area contributed by atoms with Crippen LogP contribution < -0.4 is 0 Å². The zero-order valence-corrected chi connectivity index (χ0v) is 10.3. The van der Waals surface area contributed by atoms with Crippen molar-refractivity contribution in [2.45, 2.75) is 38.7 Å². The molecule has 3 aliphatic rings. The van der Waals surface area contributed by atoms with Crippen LogP contribution in [0.2, 0.25) is 0 Å². The number of hydrogen-bond acceptors (Lipinski definition) is 2. The van der Waals surface area contributed by atoms with E-state index in [2.05, 4.69) is 20.1 Å². The van der Waals surface area contributed by atoms with Crippen LogP contribution in [0.15, 0.2) is 35.5 Å². The highest BCUT2D eigenvalue weighted by Gasteiger charge is 2.47. The van der Waals surface area contributed by atoms with Crippen molar-refractivity contribution in [2.75, 3.05) is 0 Å².